The molecule has 2 heterocycles. The van der Waals surface area contributed by atoms with Crippen LogP contribution in [0.1, 0.15) is 26.6 Å². The lowest BCUT2D eigenvalue weighted by Gasteiger charge is -2.19. The summed E-state index contributed by atoms with van der Waals surface area (Å²) < 4.78 is 1.76. The van der Waals surface area contributed by atoms with Crippen molar-refractivity contribution in [2.45, 2.75) is 32.9 Å². The number of hydrogen-bond donors (Lipinski definition) is 0. The largest absolute Gasteiger partial charge is 0.222 e. The van der Waals surface area contributed by atoms with E-state index in [1.54, 1.807) is 4.68 Å². The lowest BCUT2D eigenvalue weighted by molar-refractivity contribution is 0.328. The van der Waals surface area contributed by atoms with Gasteiger partial charge in [0.15, 0.2) is 5.82 Å². The van der Waals surface area contributed by atoms with Crippen LogP contribution in [0.2, 0.25) is 0 Å². The Kier molecular flexibility index (Phi) is 3.20. The zero-order valence-corrected chi connectivity index (χ0v) is 12.2. The molecule has 0 radical (unpaired) electrons. The molecule has 2 aromatic heterocycles. The molecule has 0 saturated heterocycles. The summed E-state index contributed by atoms with van der Waals surface area (Å²) in [5, 5.41) is 24.3. The Morgan fingerprint density at radius 1 is 1.00 bits per heavy atom. The quantitative estimate of drug-likeness (QED) is 0.716. The molecule has 0 fully saturated rings. The van der Waals surface area contributed by atoms with E-state index in [0.717, 1.165) is 5.56 Å². The van der Waals surface area contributed by atoms with Crippen LogP contribution < -0.4 is 0 Å². The van der Waals surface area contributed by atoms with Gasteiger partial charge >= 0.3 is 0 Å². The van der Waals surface area contributed by atoms with Crippen molar-refractivity contribution in [3.05, 3.63) is 36.2 Å². The van der Waals surface area contributed by atoms with Crippen LogP contribution in [0, 0.1) is 0 Å². The third-order valence-corrected chi connectivity index (χ3v) is 2.94. The maximum Gasteiger partial charge on any atom is 0.204 e. The molecule has 0 aliphatic carbocycles. The van der Waals surface area contributed by atoms with Crippen LogP contribution in [0.3, 0.4) is 0 Å². The summed E-state index contributed by atoms with van der Waals surface area (Å²) in [5.74, 6) is 1.28. The SMILES string of the molecule is CC(C)(C)n1nnnc1Cn1nnc(-c2ccccc2)n1. The van der Waals surface area contributed by atoms with Gasteiger partial charge in [-0.25, -0.2) is 4.68 Å². The molecule has 0 unspecified atom stereocenters. The van der Waals surface area contributed by atoms with Gasteiger partial charge in [0.2, 0.25) is 5.82 Å². The van der Waals surface area contributed by atoms with E-state index in [4.69, 9.17) is 0 Å². The van der Waals surface area contributed by atoms with E-state index in [1.807, 2.05) is 51.1 Å². The molecule has 3 rings (SSSR count). The normalized spacial score (nSPS) is 11.8. The predicted molar refractivity (Wildman–Crippen MR) is 75.2 cm³/mol. The van der Waals surface area contributed by atoms with Gasteiger partial charge in [0, 0.05) is 5.56 Å². The molecule has 3 aromatic rings. The van der Waals surface area contributed by atoms with Crippen LogP contribution in [0.5, 0.6) is 0 Å². The van der Waals surface area contributed by atoms with Crippen molar-refractivity contribution in [1.29, 1.82) is 0 Å². The summed E-state index contributed by atoms with van der Waals surface area (Å²) >= 11 is 0. The fourth-order valence-electron chi connectivity index (χ4n) is 1.97. The number of aromatic nitrogens is 8. The molecule has 8 heteroatoms. The minimum absolute atomic E-state index is 0.193. The highest BCUT2D eigenvalue weighted by molar-refractivity contribution is 5.52. The Morgan fingerprint density at radius 2 is 1.76 bits per heavy atom. The minimum atomic E-state index is -0.193. The Hall–Kier alpha value is -2.64. The van der Waals surface area contributed by atoms with Crippen LogP contribution in [0.25, 0.3) is 11.4 Å². The molecule has 0 aliphatic heterocycles. The van der Waals surface area contributed by atoms with Crippen molar-refractivity contribution in [1.82, 2.24) is 40.4 Å². The van der Waals surface area contributed by atoms with Crippen molar-refractivity contribution < 1.29 is 0 Å². The van der Waals surface area contributed by atoms with Crippen molar-refractivity contribution in [2.75, 3.05) is 0 Å². The molecule has 0 aliphatic rings. The summed E-state index contributed by atoms with van der Waals surface area (Å²) in [5.41, 5.74) is 0.737. The van der Waals surface area contributed by atoms with E-state index < -0.39 is 0 Å². The molecule has 0 spiro atoms. The second kappa shape index (κ2) is 5.04. The Balaban J connectivity index is 1.84. The van der Waals surface area contributed by atoms with E-state index in [1.165, 1.54) is 4.80 Å². The third kappa shape index (κ3) is 2.78. The molecule has 0 atom stereocenters. The van der Waals surface area contributed by atoms with Crippen LogP contribution in [-0.2, 0) is 12.1 Å². The fourth-order valence-corrected chi connectivity index (χ4v) is 1.97. The summed E-state index contributed by atoms with van der Waals surface area (Å²) in [6, 6.07) is 9.72. The molecular weight excluding hydrogens is 268 g/mol. The minimum Gasteiger partial charge on any atom is -0.222 e. The maximum absolute atomic E-state index is 4.36. The lowest BCUT2D eigenvalue weighted by atomic mass is 10.1. The van der Waals surface area contributed by atoms with Crippen LogP contribution >= 0.6 is 0 Å². The molecule has 0 N–H and O–H groups in total. The fraction of sp³-hybridized carbons (Fsp3) is 0.385. The Morgan fingerprint density at radius 3 is 2.48 bits per heavy atom. The predicted octanol–water partition coefficient (Wildman–Crippen LogP) is 1.13. The third-order valence-electron chi connectivity index (χ3n) is 2.94. The van der Waals surface area contributed by atoms with Crippen molar-refractivity contribution in [3.8, 4) is 11.4 Å². The van der Waals surface area contributed by atoms with E-state index in [9.17, 15) is 0 Å². The monoisotopic (exact) mass is 284 g/mol. The summed E-state index contributed by atoms with van der Waals surface area (Å²) in [4.78, 5) is 1.50. The molecule has 21 heavy (non-hydrogen) atoms. The topological polar surface area (TPSA) is 87.2 Å². The first kappa shape index (κ1) is 13.3. The van der Waals surface area contributed by atoms with Crippen LogP contribution in [0.4, 0.5) is 0 Å². The van der Waals surface area contributed by atoms with Gasteiger partial charge in [0.05, 0.1) is 5.54 Å². The Labute approximate surface area is 121 Å². The first-order valence-corrected chi connectivity index (χ1v) is 6.65. The van der Waals surface area contributed by atoms with Gasteiger partial charge in [0.1, 0.15) is 6.54 Å². The number of tetrazole rings is 2. The first-order valence-electron chi connectivity index (χ1n) is 6.65. The molecule has 0 bridgehead atoms. The standard InChI is InChI=1S/C13H16N8/c1-13(2,3)21-11(14-17-19-21)9-20-16-12(15-18-20)10-7-5-4-6-8-10/h4-8H,9H2,1-3H3. The molecule has 0 saturated carbocycles. The molecule has 0 amide bonds. The first-order chi connectivity index (χ1) is 10.0. The average Bonchev–Trinajstić information content (AvgIpc) is 3.09. The van der Waals surface area contributed by atoms with Gasteiger partial charge in [-0.15, -0.1) is 15.3 Å². The highest BCUT2D eigenvalue weighted by Gasteiger charge is 2.20. The maximum atomic E-state index is 4.36. The zero-order valence-electron chi connectivity index (χ0n) is 12.2. The van der Waals surface area contributed by atoms with E-state index in [-0.39, 0.29) is 5.54 Å². The second-order valence-corrected chi connectivity index (χ2v) is 5.69. The van der Waals surface area contributed by atoms with Crippen LogP contribution in [-0.4, -0.2) is 40.4 Å². The summed E-state index contributed by atoms with van der Waals surface area (Å²) in [6.45, 7) is 6.50. The summed E-state index contributed by atoms with van der Waals surface area (Å²) in [6.07, 6.45) is 0. The number of benzene rings is 1. The van der Waals surface area contributed by atoms with Gasteiger partial charge < -0.3 is 0 Å². The highest BCUT2D eigenvalue weighted by Crippen LogP contribution is 2.15. The molecule has 8 nitrogen and oxygen atoms in total. The molecule has 1 aromatic carbocycles. The van der Waals surface area contributed by atoms with Crippen molar-refractivity contribution in [2.24, 2.45) is 0 Å². The zero-order chi connectivity index (χ0) is 14.9. The highest BCUT2D eigenvalue weighted by atomic mass is 15.6. The number of nitrogens with zero attached hydrogens (tertiary/aromatic N) is 8. The number of rotatable bonds is 3. The van der Waals surface area contributed by atoms with Crippen molar-refractivity contribution in [3.63, 3.8) is 0 Å². The van der Waals surface area contributed by atoms with Gasteiger partial charge in [-0.2, -0.15) is 4.80 Å². The van der Waals surface area contributed by atoms with Gasteiger partial charge in [0.25, 0.3) is 0 Å². The van der Waals surface area contributed by atoms with Gasteiger partial charge in [-0.1, -0.05) is 30.3 Å². The van der Waals surface area contributed by atoms with E-state index in [2.05, 4.69) is 30.9 Å². The second-order valence-electron chi connectivity index (χ2n) is 5.69. The van der Waals surface area contributed by atoms with Crippen molar-refractivity contribution >= 4 is 0 Å². The smallest absolute Gasteiger partial charge is 0.204 e. The summed E-state index contributed by atoms with van der Waals surface area (Å²) in [7, 11) is 0. The number of hydrogen-bond acceptors (Lipinski definition) is 6. The molecule has 108 valence electrons. The van der Waals surface area contributed by atoms with Crippen LogP contribution in [0.15, 0.2) is 30.3 Å². The van der Waals surface area contributed by atoms with E-state index in [0.29, 0.717) is 18.2 Å². The van der Waals surface area contributed by atoms with Gasteiger partial charge in [-0.05, 0) is 36.4 Å². The average molecular weight is 284 g/mol. The Bertz CT molecular complexity index is 722. The molecular formula is C13H16N8. The van der Waals surface area contributed by atoms with E-state index >= 15 is 0 Å². The van der Waals surface area contributed by atoms with Gasteiger partial charge in [-0.3, -0.25) is 0 Å². The lowest BCUT2D eigenvalue weighted by Crippen LogP contribution is -2.27.